The van der Waals surface area contributed by atoms with Crippen molar-refractivity contribution in [2.75, 3.05) is 0 Å². The van der Waals surface area contributed by atoms with E-state index in [4.69, 9.17) is 5.26 Å². The summed E-state index contributed by atoms with van der Waals surface area (Å²) in [4.78, 5) is 0. The average molecular weight is 189 g/mol. The van der Waals surface area contributed by atoms with Crippen molar-refractivity contribution in [1.29, 1.82) is 5.26 Å². The van der Waals surface area contributed by atoms with Crippen LogP contribution < -0.4 is 0 Å². The molecule has 0 heterocycles. The summed E-state index contributed by atoms with van der Waals surface area (Å²) in [5.41, 5.74) is 1.62. The molecule has 1 aromatic carbocycles. The number of rotatable bonds is 3. The van der Waals surface area contributed by atoms with E-state index >= 15 is 0 Å². The van der Waals surface area contributed by atoms with Gasteiger partial charge in [-0.2, -0.15) is 5.26 Å². The third-order valence-corrected chi connectivity index (χ3v) is 2.50. The monoisotopic (exact) mass is 189 g/mol. The number of hydrogen-bond donors (Lipinski definition) is 1. The van der Waals surface area contributed by atoms with Gasteiger partial charge in [-0.25, -0.2) is 0 Å². The first-order chi connectivity index (χ1) is 6.70. The van der Waals surface area contributed by atoms with E-state index in [0.29, 0.717) is 5.56 Å². The van der Waals surface area contributed by atoms with Gasteiger partial charge in [-0.05, 0) is 25.0 Å². The van der Waals surface area contributed by atoms with Crippen LogP contribution in [0.2, 0.25) is 0 Å². The highest BCUT2D eigenvalue weighted by molar-refractivity contribution is 5.40. The van der Waals surface area contributed by atoms with E-state index in [9.17, 15) is 5.11 Å². The Labute approximate surface area is 84.8 Å². The second kappa shape index (κ2) is 4.78. The maximum Gasteiger partial charge on any atom is 0.0994 e. The van der Waals surface area contributed by atoms with Gasteiger partial charge < -0.3 is 5.11 Å². The maximum atomic E-state index is 9.58. The summed E-state index contributed by atoms with van der Waals surface area (Å²) in [5.74, 6) is 0.0610. The van der Waals surface area contributed by atoms with Gasteiger partial charge in [-0.3, -0.25) is 0 Å². The molecule has 0 aromatic heterocycles. The first kappa shape index (κ1) is 10.7. The van der Waals surface area contributed by atoms with Crippen LogP contribution in [0.1, 0.15) is 37.3 Å². The first-order valence-corrected chi connectivity index (χ1v) is 4.87. The molecular weight excluding hydrogens is 174 g/mol. The van der Waals surface area contributed by atoms with Gasteiger partial charge in [0.05, 0.1) is 17.7 Å². The molecule has 0 fully saturated rings. The van der Waals surface area contributed by atoms with Crippen LogP contribution in [0.15, 0.2) is 24.3 Å². The summed E-state index contributed by atoms with van der Waals surface area (Å²) in [6.07, 6.45) is 0.436. The predicted molar refractivity (Wildman–Crippen MR) is 55.9 cm³/mol. The lowest BCUT2D eigenvalue weighted by atomic mass is 9.89. The molecule has 2 unspecified atom stereocenters. The number of aliphatic hydroxyl groups excluding tert-OH is 1. The zero-order valence-electron chi connectivity index (χ0n) is 8.57. The molecule has 1 aromatic rings. The molecule has 0 bridgehead atoms. The Morgan fingerprint density at radius 1 is 1.43 bits per heavy atom. The summed E-state index contributed by atoms with van der Waals surface area (Å²) in [7, 11) is 0. The minimum atomic E-state index is -0.408. The fourth-order valence-corrected chi connectivity index (χ4v) is 1.74. The summed E-state index contributed by atoms with van der Waals surface area (Å²) in [6, 6.07) is 9.61. The summed E-state index contributed by atoms with van der Waals surface area (Å²) >= 11 is 0. The summed E-state index contributed by atoms with van der Waals surface area (Å²) in [6.45, 7) is 3.79. The van der Waals surface area contributed by atoms with Crippen LogP contribution in [0, 0.1) is 11.3 Å². The van der Waals surface area contributed by atoms with Crippen molar-refractivity contribution < 1.29 is 5.11 Å². The molecule has 14 heavy (non-hydrogen) atoms. The topological polar surface area (TPSA) is 44.0 Å². The molecule has 0 saturated carbocycles. The van der Waals surface area contributed by atoms with Gasteiger partial charge in [0.15, 0.2) is 0 Å². The lowest BCUT2D eigenvalue weighted by Gasteiger charge is -2.19. The van der Waals surface area contributed by atoms with Crippen molar-refractivity contribution >= 4 is 0 Å². The normalized spacial score (nSPS) is 14.4. The fourth-order valence-electron chi connectivity index (χ4n) is 1.74. The molecule has 2 heteroatoms. The lowest BCUT2D eigenvalue weighted by Crippen LogP contribution is -2.14. The van der Waals surface area contributed by atoms with Gasteiger partial charge in [0.25, 0.3) is 0 Å². The average Bonchev–Trinajstić information content (AvgIpc) is 2.19. The number of benzene rings is 1. The number of nitriles is 1. The van der Waals surface area contributed by atoms with Gasteiger partial charge in [0.1, 0.15) is 0 Å². The van der Waals surface area contributed by atoms with Crippen molar-refractivity contribution in [3.63, 3.8) is 0 Å². The third kappa shape index (κ3) is 2.12. The van der Waals surface area contributed by atoms with Crippen LogP contribution in [0.3, 0.4) is 0 Å². The number of aliphatic hydroxyl groups is 1. The highest BCUT2D eigenvalue weighted by Crippen LogP contribution is 2.25. The van der Waals surface area contributed by atoms with Crippen molar-refractivity contribution in [2.45, 2.75) is 32.3 Å². The molecule has 2 nitrogen and oxygen atoms in total. The second-order valence-electron chi connectivity index (χ2n) is 3.45. The molecule has 0 aliphatic rings. The van der Waals surface area contributed by atoms with Crippen LogP contribution in [-0.2, 0) is 0 Å². The zero-order valence-corrected chi connectivity index (χ0v) is 8.57. The van der Waals surface area contributed by atoms with E-state index in [0.717, 1.165) is 12.0 Å². The molecule has 0 spiro atoms. The highest BCUT2D eigenvalue weighted by Gasteiger charge is 2.17. The highest BCUT2D eigenvalue weighted by atomic mass is 16.3. The molecule has 0 aliphatic carbocycles. The van der Waals surface area contributed by atoms with Crippen LogP contribution >= 0.6 is 0 Å². The van der Waals surface area contributed by atoms with Crippen molar-refractivity contribution in [3.8, 4) is 6.07 Å². The Bertz CT molecular complexity index is 338. The third-order valence-electron chi connectivity index (χ3n) is 2.50. The fraction of sp³-hybridized carbons (Fsp3) is 0.417. The Balaban J connectivity index is 3.10. The predicted octanol–water partition coefficient (Wildman–Crippen LogP) is 2.43. The molecule has 0 amide bonds. The van der Waals surface area contributed by atoms with Crippen LogP contribution in [-0.4, -0.2) is 11.2 Å². The van der Waals surface area contributed by atoms with E-state index in [1.807, 2.05) is 25.1 Å². The minimum absolute atomic E-state index is 0.0610. The largest absolute Gasteiger partial charge is 0.393 e. The van der Waals surface area contributed by atoms with E-state index in [1.54, 1.807) is 13.0 Å². The Hall–Kier alpha value is -1.33. The molecule has 1 rings (SSSR count). The van der Waals surface area contributed by atoms with Gasteiger partial charge in [0, 0.05) is 5.92 Å². The first-order valence-electron chi connectivity index (χ1n) is 4.87. The maximum absolute atomic E-state index is 9.58. The standard InChI is InChI=1S/C12H15NO/c1-3-11(9(2)14)12-7-5-4-6-10(12)8-13/h4-7,9,11,14H,3H2,1-2H3. The van der Waals surface area contributed by atoms with Crippen LogP contribution in [0.4, 0.5) is 0 Å². The lowest BCUT2D eigenvalue weighted by molar-refractivity contribution is 0.159. The molecule has 1 N–H and O–H groups in total. The van der Waals surface area contributed by atoms with Gasteiger partial charge >= 0.3 is 0 Å². The van der Waals surface area contributed by atoms with Gasteiger partial charge in [-0.1, -0.05) is 25.1 Å². The molecule has 74 valence electrons. The zero-order chi connectivity index (χ0) is 10.6. The second-order valence-corrected chi connectivity index (χ2v) is 3.45. The summed E-state index contributed by atoms with van der Waals surface area (Å²) < 4.78 is 0. The molecule has 2 atom stereocenters. The van der Waals surface area contributed by atoms with E-state index < -0.39 is 6.10 Å². The minimum Gasteiger partial charge on any atom is -0.393 e. The van der Waals surface area contributed by atoms with E-state index in [2.05, 4.69) is 6.07 Å². The van der Waals surface area contributed by atoms with Crippen molar-refractivity contribution in [2.24, 2.45) is 0 Å². The van der Waals surface area contributed by atoms with Crippen LogP contribution in [0.25, 0.3) is 0 Å². The van der Waals surface area contributed by atoms with Gasteiger partial charge in [0.2, 0.25) is 0 Å². The van der Waals surface area contributed by atoms with Crippen molar-refractivity contribution in [1.82, 2.24) is 0 Å². The molecular formula is C12H15NO. The number of hydrogen-bond acceptors (Lipinski definition) is 2. The van der Waals surface area contributed by atoms with E-state index in [1.165, 1.54) is 0 Å². The smallest absolute Gasteiger partial charge is 0.0994 e. The SMILES string of the molecule is CCC(c1ccccc1C#N)C(C)O. The summed E-state index contributed by atoms with van der Waals surface area (Å²) in [5, 5.41) is 18.5. The molecule has 0 saturated heterocycles. The van der Waals surface area contributed by atoms with Crippen LogP contribution in [0.5, 0.6) is 0 Å². The Morgan fingerprint density at radius 2 is 2.07 bits per heavy atom. The van der Waals surface area contributed by atoms with Crippen molar-refractivity contribution in [3.05, 3.63) is 35.4 Å². The van der Waals surface area contributed by atoms with E-state index in [-0.39, 0.29) is 5.92 Å². The molecule has 0 radical (unpaired) electrons. The number of nitrogens with zero attached hydrogens (tertiary/aromatic N) is 1. The molecule has 0 aliphatic heterocycles. The Morgan fingerprint density at radius 3 is 2.57 bits per heavy atom. The Kier molecular flexibility index (Phi) is 3.67. The quantitative estimate of drug-likeness (QED) is 0.793. The van der Waals surface area contributed by atoms with Gasteiger partial charge in [-0.15, -0.1) is 0 Å².